The summed E-state index contributed by atoms with van der Waals surface area (Å²) in [6, 6.07) is 1.84. The lowest BCUT2D eigenvalue weighted by Crippen LogP contribution is -2.64. The number of nitrogens with zero attached hydrogens (tertiary/aromatic N) is 2. The molecule has 0 radical (unpaired) electrons. The zero-order valence-corrected chi connectivity index (χ0v) is 15.3. The van der Waals surface area contributed by atoms with E-state index in [2.05, 4.69) is 5.32 Å². The molecule has 4 atom stereocenters. The quantitative estimate of drug-likeness (QED) is 0.661. The van der Waals surface area contributed by atoms with Crippen molar-refractivity contribution in [1.82, 2.24) is 15.1 Å². The van der Waals surface area contributed by atoms with Crippen molar-refractivity contribution in [3.05, 3.63) is 22.4 Å². The van der Waals surface area contributed by atoms with Gasteiger partial charge in [-0.25, -0.2) is 0 Å². The lowest BCUT2D eigenvalue weighted by Gasteiger charge is -2.40. The summed E-state index contributed by atoms with van der Waals surface area (Å²) >= 11 is 1.33. The van der Waals surface area contributed by atoms with Crippen LogP contribution >= 0.6 is 11.3 Å². The molecule has 0 bridgehead atoms. The predicted molar refractivity (Wildman–Crippen MR) is 94.7 cm³/mol. The second-order valence-corrected chi connectivity index (χ2v) is 7.91. The molecular formula is C17H20N4O5S. The van der Waals surface area contributed by atoms with Crippen LogP contribution in [0.4, 0.5) is 0 Å². The van der Waals surface area contributed by atoms with Gasteiger partial charge in [0.1, 0.15) is 18.7 Å². The maximum absolute atomic E-state index is 13.0. The molecule has 4 unspecified atom stereocenters. The van der Waals surface area contributed by atoms with Gasteiger partial charge in [-0.1, -0.05) is 6.07 Å². The Morgan fingerprint density at radius 1 is 1.30 bits per heavy atom. The summed E-state index contributed by atoms with van der Waals surface area (Å²) in [4.78, 5) is 52.8. The fourth-order valence-corrected chi connectivity index (χ4v) is 4.73. The molecule has 4 amide bonds. The number of carbonyl (C=O) groups is 4. The summed E-state index contributed by atoms with van der Waals surface area (Å²) in [6.45, 7) is 0.445. The third-order valence-electron chi connectivity index (χ3n) is 5.29. The maximum Gasteiger partial charge on any atom is 0.261 e. The number of primary amides is 1. The number of amides is 4. The van der Waals surface area contributed by atoms with Crippen LogP contribution in [0.25, 0.3) is 0 Å². The minimum absolute atomic E-state index is 0.127. The smallest absolute Gasteiger partial charge is 0.261 e. The van der Waals surface area contributed by atoms with Crippen LogP contribution in [0.3, 0.4) is 0 Å². The van der Waals surface area contributed by atoms with Crippen molar-refractivity contribution < 1.29 is 23.9 Å². The molecule has 144 valence electrons. The molecule has 3 aliphatic heterocycles. The van der Waals surface area contributed by atoms with Gasteiger partial charge in [-0.05, 0) is 17.9 Å². The first kappa shape index (κ1) is 17.9. The number of thiophene rings is 1. The fourth-order valence-electron chi connectivity index (χ4n) is 4.10. The van der Waals surface area contributed by atoms with Crippen LogP contribution in [0.1, 0.15) is 22.5 Å². The number of hydrogen-bond donors (Lipinski definition) is 2. The Morgan fingerprint density at radius 2 is 2.11 bits per heavy atom. The summed E-state index contributed by atoms with van der Waals surface area (Å²) in [7, 11) is 0. The average Bonchev–Trinajstić information content (AvgIpc) is 3.36. The van der Waals surface area contributed by atoms with Gasteiger partial charge in [-0.15, -0.1) is 11.3 Å². The molecular weight excluding hydrogens is 372 g/mol. The average molecular weight is 392 g/mol. The first-order valence-electron chi connectivity index (χ1n) is 8.81. The van der Waals surface area contributed by atoms with E-state index < -0.39 is 30.1 Å². The molecule has 9 nitrogen and oxygen atoms in total. The Bertz CT molecular complexity index is 782. The second-order valence-electron chi connectivity index (χ2n) is 6.96. The van der Waals surface area contributed by atoms with Crippen molar-refractivity contribution in [3.8, 4) is 0 Å². The number of ether oxygens (including phenoxy) is 1. The number of carbonyl (C=O) groups excluding carboxylic acids is 4. The van der Waals surface area contributed by atoms with Crippen LogP contribution in [0.5, 0.6) is 0 Å². The van der Waals surface area contributed by atoms with Crippen molar-refractivity contribution in [3.63, 3.8) is 0 Å². The lowest BCUT2D eigenvalue weighted by molar-refractivity contribution is -0.157. The Morgan fingerprint density at radius 3 is 2.81 bits per heavy atom. The van der Waals surface area contributed by atoms with Crippen LogP contribution in [0.2, 0.25) is 0 Å². The van der Waals surface area contributed by atoms with Gasteiger partial charge in [0.15, 0.2) is 0 Å². The van der Waals surface area contributed by atoms with E-state index in [1.54, 1.807) is 17.0 Å². The minimum Gasteiger partial charge on any atom is -0.368 e. The zero-order chi connectivity index (χ0) is 19.1. The molecule has 1 aromatic heterocycles. The van der Waals surface area contributed by atoms with Crippen molar-refractivity contribution in [2.45, 2.75) is 37.1 Å². The summed E-state index contributed by atoms with van der Waals surface area (Å²) in [6.07, 6.45) is 0.504. The van der Waals surface area contributed by atoms with E-state index in [1.165, 1.54) is 16.2 Å². The Balaban J connectivity index is 1.47. The largest absolute Gasteiger partial charge is 0.368 e. The molecule has 0 aliphatic carbocycles. The van der Waals surface area contributed by atoms with E-state index in [0.717, 1.165) is 0 Å². The molecule has 1 aromatic rings. The number of fused-ring (bicyclic) bond motifs is 2. The topological polar surface area (TPSA) is 122 Å². The molecule has 4 heterocycles. The molecule has 0 spiro atoms. The monoisotopic (exact) mass is 392 g/mol. The van der Waals surface area contributed by atoms with E-state index in [1.807, 2.05) is 5.38 Å². The van der Waals surface area contributed by atoms with Gasteiger partial charge < -0.3 is 25.6 Å². The summed E-state index contributed by atoms with van der Waals surface area (Å²) in [5, 5.41) is 4.71. The summed E-state index contributed by atoms with van der Waals surface area (Å²) in [5.41, 5.74) is 5.09. The van der Waals surface area contributed by atoms with Gasteiger partial charge in [-0.2, -0.15) is 0 Å². The van der Waals surface area contributed by atoms with Crippen molar-refractivity contribution in [1.29, 1.82) is 0 Å². The third-order valence-corrected chi connectivity index (χ3v) is 6.16. The molecule has 3 N–H and O–H groups in total. The van der Waals surface area contributed by atoms with Gasteiger partial charge in [0.25, 0.3) is 5.91 Å². The Labute approximate surface area is 159 Å². The fraction of sp³-hybridized carbons (Fsp3) is 0.529. The van der Waals surface area contributed by atoms with Crippen molar-refractivity contribution >= 4 is 35.0 Å². The van der Waals surface area contributed by atoms with Gasteiger partial charge >= 0.3 is 0 Å². The van der Waals surface area contributed by atoms with E-state index in [-0.39, 0.29) is 30.9 Å². The zero-order valence-electron chi connectivity index (χ0n) is 14.5. The molecule has 0 aromatic carbocycles. The van der Waals surface area contributed by atoms with E-state index in [4.69, 9.17) is 10.5 Å². The van der Waals surface area contributed by atoms with Crippen molar-refractivity contribution in [2.24, 2.45) is 5.73 Å². The third kappa shape index (κ3) is 3.19. The molecule has 3 aliphatic rings. The summed E-state index contributed by atoms with van der Waals surface area (Å²) < 4.78 is 5.41. The van der Waals surface area contributed by atoms with Gasteiger partial charge in [-0.3, -0.25) is 19.2 Å². The molecule has 4 rings (SSSR count). The number of hydrogen-bond acceptors (Lipinski definition) is 6. The number of nitrogens with two attached hydrogens (primary N) is 1. The molecule has 0 saturated carbocycles. The van der Waals surface area contributed by atoms with Crippen molar-refractivity contribution in [2.75, 3.05) is 19.7 Å². The number of piperazine rings is 1. The molecule has 3 fully saturated rings. The highest BCUT2D eigenvalue weighted by molar-refractivity contribution is 7.12. The molecule has 10 heteroatoms. The second kappa shape index (κ2) is 6.93. The first-order chi connectivity index (χ1) is 13.0. The SMILES string of the molecule is NC(=O)COC1CC2C(=O)N3CCC(NC(=O)c4cccs4)C3C(=O)N2C1. The van der Waals surface area contributed by atoms with E-state index >= 15 is 0 Å². The standard InChI is InChI=1S/C17H20N4O5S/c18-13(22)8-26-9-6-11-16(24)20-4-3-10(14(20)17(25)21(11)7-9)19-15(23)12-2-1-5-27-12/h1-2,5,9-11,14H,3-4,6-8H2,(H2,18,22)(H,19,23). The minimum atomic E-state index is -0.687. The normalized spacial score (nSPS) is 29.6. The van der Waals surface area contributed by atoms with Gasteiger partial charge in [0, 0.05) is 19.5 Å². The van der Waals surface area contributed by atoms with Crippen LogP contribution in [0, 0.1) is 0 Å². The maximum atomic E-state index is 13.0. The predicted octanol–water partition coefficient (Wildman–Crippen LogP) is -1.07. The van der Waals surface area contributed by atoms with Crippen LogP contribution in [0.15, 0.2) is 17.5 Å². The van der Waals surface area contributed by atoms with Crippen LogP contribution in [-0.2, 0) is 19.1 Å². The molecule has 3 saturated heterocycles. The lowest BCUT2D eigenvalue weighted by atomic mass is 10.0. The number of rotatable bonds is 5. The Hall–Kier alpha value is -2.46. The van der Waals surface area contributed by atoms with Crippen LogP contribution in [-0.4, -0.2) is 77.4 Å². The Kier molecular flexibility index (Phi) is 4.60. The number of nitrogens with one attached hydrogen (secondary N) is 1. The van der Waals surface area contributed by atoms with Gasteiger partial charge in [0.2, 0.25) is 17.7 Å². The van der Waals surface area contributed by atoms with Gasteiger partial charge in [0.05, 0.1) is 17.0 Å². The summed E-state index contributed by atoms with van der Waals surface area (Å²) in [5.74, 6) is -1.13. The first-order valence-corrected chi connectivity index (χ1v) is 9.69. The molecule has 27 heavy (non-hydrogen) atoms. The highest BCUT2D eigenvalue weighted by Crippen LogP contribution is 2.33. The highest BCUT2D eigenvalue weighted by atomic mass is 32.1. The van der Waals surface area contributed by atoms with E-state index in [9.17, 15) is 19.2 Å². The van der Waals surface area contributed by atoms with E-state index in [0.29, 0.717) is 24.3 Å². The van der Waals surface area contributed by atoms with Crippen LogP contribution < -0.4 is 11.1 Å². The highest BCUT2D eigenvalue weighted by Gasteiger charge is 2.55.